The number of nitrogens with one attached hydrogen (secondary N) is 1. The van der Waals surface area contributed by atoms with Crippen molar-refractivity contribution in [2.24, 2.45) is 5.92 Å². The lowest BCUT2D eigenvalue weighted by atomic mass is 9.64. The third-order valence-corrected chi connectivity index (χ3v) is 6.10. The molecule has 1 atom stereocenters. The van der Waals surface area contributed by atoms with Gasteiger partial charge in [-0.1, -0.05) is 34.5 Å². The van der Waals surface area contributed by atoms with Crippen molar-refractivity contribution in [2.75, 3.05) is 39.9 Å². The van der Waals surface area contributed by atoms with Crippen LogP contribution in [0, 0.1) is 5.92 Å². The van der Waals surface area contributed by atoms with E-state index in [2.05, 4.69) is 38.3 Å². The number of benzene rings is 1. The van der Waals surface area contributed by atoms with Crippen LogP contribution in [0.4, 0.5) is 0 Å². The van der Waals surface area contributed by atoms with Crippen LogP contribution in [-0.4, -0.2) is 50.7 Å². The summed E-state index contributed by atoms with van der Waals surface area (Å²) in [5.41, 5.74) is 0.859. The second-order valence-electron chi connectivity index (χ2n) is 7.10. The van der Waals surface area contributed by atoms with E-state index in [1.807, 2.05) is 12.1 Å². The van der Waals surface area contributed by atoms with Crippen molar-refractivity contribution in [3.8, 4) is 0 Å². The van der Waals surface area contributed by atoms with Crippen molar-refractivity contribution in [1.29, 1.82) is 0 Å². The first-order valence-corrected chi connectivity index (χ1v) is 9.69. The number of rotatable bonds is 7. The summed E-state index contributed by atoms with van der Waals surface area (Å²) in [6, 6.07) is 8.25. The van der Waals surface area contributed by atoms with Crippen LogP contribution in [0.5, 0.6) is 0 Å². The van der Waals surface area contributed by atoms with Crippen LogP contribution in [0.1, 0.15) is 31.2 Å². The standard InChI is InChI=1S/C19H27BrN2O2/c1-24-12-11-22-10-7-15(14-22)13-21-18(23)19(8-2-9-19)16-3-5-17(20)6-4-16/h3-6,15H,2,7-14H2,1H3,(H,21,23)/t15-/m1/s1. The normalized spacial score (nSPS) is 23.0. The quantitative estimate of drug-likeness (QED) is 0.772. The maximum atomic E-state index is 12.9. The van der Waals surface area contributed by atoms with Gasteiger partial charge in [0.05, 0.1) is 12.0 Å². The topological polar surface area (TPSA) is 41.6 Å². The van der Waals surface area contributed by atoms with Gasteiger partial charge in [0, 0.05) is 31.2 Å². The number of likely N-dealkylation sites (tertiary alicyclic amines) is 1. The van der Waals surface area contributed by atoms with Crippen LogP contribution in [0.15, 0.2) is 28.7 Å². The lowest BCUT2D eigenvalue weighted by Crippen LogP contribution is -2.50. The molecule has 0 radical (unpaired) electrons. The Morgan fingerprint density at radius 1 is 1.38 bits per heavy atom. The van der Waals surface area contributed by atoms with Gasteiger partial charge in [-0.05, 0) is 49.4 Å². The maximum Gasteiger partial charge on any atom is 0.230 e. The molecule has 0 spiro atoms. The molecule has 2 aliphatic rings. The first-order chi connectivity index (χ1) is 11.6. The fourth-order valence-corrected chi connectivity index (χ4v) is 4.12. The third-order valence-electron chi connectivity index (χ3n) is 5.57. The van der Waals surface area contributed by atoms with Crippen LogP contribution in [0.3, 0.4) is 0 Å². The average Bonchev–Trinajstić information content (AvgIpc) is 2.99. The SMILES string of the molecule is COCCN1CC[C@H](CNC(=O)C2(c3ccc(Br)cc3)CCC2)C1. The summed E-state index contributed by atoms with van der Waals surface area (Å²) in [4.78, 5) is 15.3. The molecule has 1 aromatic rings. The zero-order valence-electron chi connectivity index (χ0n) is 14.4. The largest absolute Gasteiger partial charge is 0.383 e. The van der Waals surface area contributed by atoms with Gasteiger partial charge in [0.2, 0.25) is 5.91 Å². The van der Waals surface area contributed by atoms with E-state index in [-0.39, 0.29) is 11.3 Å². The van der Waals surface area contributed by atoms with E-state index in [1.165, 1.54) is 0 Å². The Hall–Kier alpha value is -0.910. The average molecular weight is 395 g/mol. The van der Waals surface area contributed by atoms with Crippen LogP contribution < -0.4 is 5.32 Å². The lowest BCUT2D eigenvalue weighted by molar-refractivity contribution is -0.130. The van der Waals surface area contributed by atoms with Crippen LogP contribution in [0.25, 0.3) is 0 Å². The Balaban J connectivity index is 1.53. The fourth-order valence-electron chi connectivity index (χ4n) is 3.86. The minimum atomic E-state index is -0.297. The predicted octanol–water partition coefficient (Wildman–Crippen LogP) is 2.96. The Kier molecular flexibility index (Phi) is 5.95. The summed E-state index contributed by atoms with van der Waals surface area (Å²) in [5, 5.41) is 3.25. The molecular weight excluding hydrogens is 368 g/mol. The highest BCUT2D eigenvalue weighted by Gasteiger charge is 2.45. The molecule has 1 heterocycles. The van der Waals surface area contributed by atoms with E-state index in [0.29, 0.717) is 5.92 Å². The molecule has 0 bridgehead atoms. The van der Waals surface area contributed by atoms with Crippen molar-refractivity contribution in [3.05, 3.63) is 34.3 Å². The second-order valence-corrected chi connectivity index (χ2v) is 8.02. The number of nitrogens with zero attached hydrogens (tertiary/aromatic N) is 1. The van der Waals surface area contributed by atoms with Crippen molar-refractivity contribution < 1.29 is 9.53 Å². The van der Waals surface area contributed by atoms with Gasteiger partial charge < -0.3 is 15.0 Å². The molecule has 24 heavy (non-hydrogen) atoms. The van der Waals surface area contributed by atoms with E-state index in [9.17, 15) is 4.79 Å². The maximum absolute atomic E-state index is 12.9. The predicted molar refractivity (Wildman–Crippen MR) is 99.1 cm³/mol. The van der Waals surface area contributed by atoms with Gasteiger partial charge in [-0.2, -0.15) is 0 Å². The van der Waals surface area contributed by atoms with Gasteiger partial charge in [-0.15, -0.1) is 0 Å². The number of carbonyl (C=O) groups is 1. The fraction of sp³-hybridized carbons (Fsp3) is 0.632. The highest BCUT2D eigenvalue weighted by molar-refractivity contribution is 9.10. The summed E-state index contributed by atoms with van der Waals surface area (Å²) in [6.45, 7) is 4.74. The number of methoxy groups -OCH3 is 1. The summed E-state index contributed by atoms with van der Waals surface area (Å²) in [7, 11) is 1.74. The molecule has 1 aliphatic carbocycles. The molecule has 1 N–H and O–H groups in total. The van der Waals surface area contributed by atoms with Crippen molar-refractivity contribution >= 4 is 21.8 Å². The molecule has 0 unspecified atom stereocenters. The summed E-state index contributed by atoms with van der Waals surface area (Å²) >= 11 is 3.47. The summed E-state index contributed by atoms with van der Waals surface area (Å²) in [6.07, 6.45) is 4.23. The van der Waals surface area contributed by atoms with Crippen LogP contribution in [0.2, 0.25) is 0 Å². The van der Waals surface area contributed by atoms with Gasteiger partial charge in [-0.25, -0.2) is 0 Å². The number of halogens is 1. The molecule has 1 saturated carbocycles. The minimum Gasteiger partial charge on any atom is -0.383 e. The highest BCUT2D eigenvalue weighted by Crippen LogP contribution is 2.44. The molecule has 3 rings (SSSR count). The Morgan fingerprint density at radius 3 is 2.75 bits per heavy atom. The smallest absolute Gasteiger partial charge is 0.230 e. The third kappa shape index (κ3) is 3.84. The zero-order valence-corrected chi connectivity index (χ0v) is 16.0. The molecule has 4 nitrogen and oxygen atoms in total. The number of ether oxygens (including phenoxy) is 1. The molecule has 2 fully saturated rings. The second kappa shape index (κ2) is 7.98. The zero-order chi connectivity index (χ0) is 17.0. The van der Waals surface area contributed by atoms with Crippen LogP contribution in [-0.2, 0) is 14.9 Å². The van der Waals surface area contributed by atoms with Crippen molar-refractivity contribution in [2.45, 2.75) is 31.1 Å². The number of hydrogen-bond acceptors (Lipinski definition) is 3. The van der Waals surface area contributed by atoms with Gasteiger partial charge in [-0.3, -0.25) is 4.79 Å². The van der Waals surface area contributed by atoms with Crippen molar-refractivity contribution in [1.82, 2.24) is 10.2 Å². The summed E-state index contributed by atoms with van der Waals surface area (Å²) in [5.74, 6) is 0.777. The van der Waals surface area contributed by atoms with E-state index in [1.54, 1.807) is 7.11 Å². The molecule has 1 aromatic carbocycles. The highest BCUT2D eigenvalue weighted by atomic mass is 79.9. The molecule has 5 heteroatoms. The summed E-state index contributed by atoms with van der Waals surface area (Å²) < 4.78 is 6.21. The van der Waals surface area contributed by atoms with Gasteiger partial charge in [0.15, 0.2) is 0 Å². The lowest BCUT2D eigenvalue weighted by Gasteiger charge is -2.41. The molecule has 132 valence electrons. The minimum absolute atomic E-state index is 0.214. The molecule has 1 amide bonds. The molecule has 0 aromatic heterocycles. The monoisotopic (exact) mass is 394 g/mol. The van der Waals surface area contributed by atoms with E-state index < -0.39 is 0 Å². The van der Waals surface area contributed by atoms with E-state index >= 15 is 0 Å². The van der Waals surface area contributed by atoms with Crippen LogP contribution >= 0.6 is 15.9 Å². The number of carbonyl (C=O) groups excluding carboxylic acids is 1. The van der Waals surface area contributed by atoms with E-state index in [4.69, 9.17) is 4.74 Å². The van der Waals surface area contributed by atoms with E-state index in [0.717, 1.165) is 68.5 Å². The Bertz CT molecular complexity index is 557. The number of hydrogen-bond donors (Lipinski definition) is 1. The first kappa shape index (κ1) is 17.9. The van der Waals surface area contributed by atoms with Gasteiger partial charge in [0.1, 0.15) is 0 Å². The van der Waals surface area contributed by atoms with Gasteiger partial charge >= 0.3 is 0 Å². The van der Waals surface area contributed by atoms with Crippen molar-refractivity contribution in [3.63, 3.8) is 0 Å². The molecular formula is C19H27BrN2O2. The Labute approximate surface area is 153 Å². The first-order valence-electron chi connectivity index (χ1n) is 8.90. The van der Waals surface area contributed by atoms with Gasteiger partial charge in [0.25, 0.3) is 0 Å². The number of amides is 1. The molecule has 1 saturated heterocycles. The Morgan fingerprint density at radius 2 is 2.12 bits per heavy atom. The molecule has 1 aliphatic heterocycles.